The molecule has 0 bridgehead atoms. The lowest BCUT2D eigenvalue weighted by atomic mass is 10.2. The first-order valence-corrected chi connectivity index (χ1v) is 6.00. The van der Waals surface area contributed by atoms with Gasteiger partial charge in [-0.2, -0.15) is 0 Å². The smallest absolute Gasteiger partial charge is 0.0820 e. The van der Waals surface area contributed by atoms with Gasteiger partial charge in [0, 0.05) is 0 Å². The van der Waals surface area contributed by atoms with Crippen molar-refractivity contribution in [2.75, 3.05) is 6.30 Å². The normalized spacial score (nSPS) is 11.8. The van der Waals surface area contributed by atoms with E-state index in [0.29, 0.717) is 0 Å². The minimum atomic E-state index is -0.541. The van der Waals surface area contributed by atoms with Gasteiger partial charge in [-0.3, -0.25) is 4.39 Å². The molecule has 0 saturated carbocycles. The van der Waals surface area contributed by atoms with Gasteiger partial charge in [-0.1, -0.05) is 36.4 Å². The van der Waals surface area contributed by atoms with E-state index in [1.54, 1.807) is 0 Å². The standard InChI is InChI=1S/C10H13FSi/c11-9-12-8-4-7-10-5-2-1-3-6-10/h1-6,8H,7,9,12H2. The molecule has 0 spiro atoms. The molecule has 0 aromatic heterocycles. The van der Waals surface area contributed by atoms with Crippen LogP contribution in [0.1, 0.15) is 5.56 Å². The molecule has 0 heterocycles. The quantitative estimate of drug-likeness (QED) is 0.620. The van der Waals surface area contributed by atoms with Crippen molar-refractivity contribution in [1.82, 2.24) is 0 Å². The number of hydrogen-bond acceptors (Lipinski definition) is 0. The summed E-state index contributed by atoms with van der Waals surface area (Å²) >= 11 is 0. The fourth-order valence-corrected chi connectivity index (χ4v) is 1.54. The first-order valence-electron chi connectivity index (χ1n) is 4.18. The molecule has 0 radical (unpaired) electrons. The first kappa shape index (κ1) is 9.20. The predicted molar refractivity (Wildman–Crippen MR) is 53.8 cm³/mol. The van der Waals surface area contributed by atoms with Crippen molar-refractivity contribution in [3.05, 3.63) is 47.7 Å². The van der Waals surface area contributed by atoms with Crippen LogP contribution in [-0.2, 0) is 6.42 Å². The van der Waals surface area contributed by atoms with Crippen LogP contribution in [0.3, 0.4) is 0 Å². The number of benzene rings is 1. The molecule has 0 aliphatic heterocycles. The summed E-state index contributed by atoms with van der Waals surface area (Å²) in [7, 11) is -0.541. The van der Waals surface area contributed by atoms with Crippen molar-refractivity contribution in [1.29, 1.82) is 0 Å². The summed E-state index contributed by atoms with van der Waals surface area (Å²) in [4.78, 5) is 0. The highest BCUT2D eigenvalue weighted by atomic mass is 28.2. The van der Waals surface area contributed by atoms with Crippen LogP contribution in [0.15, 0.2) is 42.1 Å². The van der Waals surface area contributed by atoms with E-state index in [0.717, 1.165) is 6.42 Å². The van der Waals surface area contributed by atoms with E-state index in [-0.39, 0.29) is 6.30 Å². The third-order valence-corrected chi connectivity index (χ3v) is 2.52. The average Bonchev–Trinajstić information content (AvgIpc) is 2.14. The molecule has 0 aliphatic carbocycles. The maximum Gasteiger partial charge on any atom is 0.0820 e. The van der Waals surface area contributed by atoms with Gasteiger partial charge in [0.2, 0.25) is 0 Å². The lowest BCUT2D eigenvalue weighted by Crippen LogP contribution is -1.87. The number of allylic oxidation sites excluding steroid dienone is 1. The molecule has 12 heavy (non-hydrogen) atoms. The van der Waals surface area contributed by atoms with Gasteiger partial charge in [0.15, 0.2) is 0 Å². The molecule has 0 atom stereocenters. The zero-order chi connectivity index (χ0) is 8.65. The van der Waals surface area contributed by atoms with Crippen LogP contribution in [0.4, 0.5) is 4.39 Å². The van der Waals surface area contributed by atoms with Crippen molar-refractivity contribution in [3.63, 3.8) is 0 Å². The van der Waals surface area contributed by atoms with Gasteiger partial charge >= 0.3 is 0 Å². The summed E-state index contributed by atoms with van der Waals surface area (Å²) in [5.41, 5.74) is 3.31. The molecule has 64 valence electrons. The Morgan fingerprint density at radius 3 is 2.67 bits per heavy atom. The Morgan fingerprint density at radius 1 is 1.25 bits per heavy atom. The SMILES string of the molecule is FC[SiH2]C=CCc1ccccc1. The van der Waals surface area contributed by atoms with Crippen molar-refractivity contribution in [2.24, 2.45) is 0 Å². The van der Waals surface area contributed by atoms with E-state index in [9.17, 15) is 4.39 Å². The van der Waals surface area contributed by atoms with Gasteiger partial charge in [0.1, 0.15) is 0 Å². The maximum absolute atomic E-state index is 11.7. The van der Waals surface area contributed by atoms with Crippen LogP contribution in [-0.4, -0.2) is 15.8 Å². The van der Waals surface area contributed by atoms with Crippen LogP contribution >= 0.6 is 0 Å². The molecule has 2 heteroatoms. The van der Waals surface area contributed by atoms with E-state index >= 15 is 0 Å². The minimum absolute atomic E-state index is 0.120. The van der Waals surface area contributed by atoms with Crippen molar-refractivity contribution < 1.29 is 4.39 Å². The molecule has 0 amide bonds. The largest absolute Gasteiger partial charge is 0.255 e. The number of hydrogen-bond donors (Lipinski definition) is 0. The highest BCUT2D eigenvalue weighted by Gasteiger charge is 1.85. The molecule has 0 aliphatic rings. The Morgan fingerprint density at radius 2 is 2.00 bits per heavy atom. The zero-order valence-corrected chi connectivity index (χ0v) is 8.45. The average molecular weight is 180 g/mol. The molecule has 0 fully saturated rings. The summed E-state index contributed by atoms with van der Waals surface area (Å²) in [6.45, 7) is 0. The number of halogens is 1. The Kier molecular flexibility index (Phi) is 4.38. The van der Waals surface area contributed by atoms with Crippen molar-refractivity contribution in [3.8, 4) is 0 Å². The fourth-order valence-electron chi connectivity index (χ4n) is 1.01. The van der Waals surface area contributed by atoms with E-state index in [2.05, 4.69) is 18.2 Å². The van der Waals surface area contributed by atoms with Gasteiger partial charge in [0.05, 0.1) is 15.8 Å². The van der Waals surface area contributed by atoms with Crippen LogP contribution < -0.4 is 0 Å². The molecular formula is C10H13FSi. The van der Waals surface area contributed by atoms with Crippen LogP contribution in [0.25, 0.3) is 0 Å². The molecule has 0 nitrogen and oxygen atoms in total. The molecule has 1 rings (SSSR count). The molecule has 0 saturated heterocycles. The van der Waals surface area contributed by atoms with Gasteiger partial charge in [0.25, 0.3) is 0 Å². The molecule has 1 aromatic rings. The molecule has 1 aromatic carbocycles. The lowest BCUT2D eigenvalue weighted by Gasteiger charge is -1.92. The van der Waals surface area contributed by atoms with E-state index in [4.69, 9.17) is 0 Å². The minimum Gasteiger partial charge on any atom is -0.255 e. The first-order chi connectivity index (χ1) is 5.93. The maximum atomic E-state index is 11.7. The summed E-state index contributed by atoms with van der Waals surface area (Å²) < 4.78 is 11.7. The summed E-state index contributed by atoms with van der Waals surface area (Å²) in [5, 5.41) is 0. The molecule has 0 unspecified atom stereocenters. The summed E-state index contributed by atoms with van der Waals surface area (Å²) in [5.74, 6) is 0. The summed E-state index contributed by atoms with van der Waals surface area (Å²) in [6, 6.07) is 10.2. The second kappa shape index (κ2) is 5.72. The van der Waals surface area contributed by atoms with E-state index in [1.165, 1.54) is 5.56 Å². The Balaban J connectivity index is 2.33. The third kappa shape index (κ3) is 3.48. The predicted octanol–water partition coefficient (Wildman–Crippen LogP) is 1.84. The van der Waals surface area contributed by atoms with Crippen LogP contribution in [0.5, 0.6) is 0 Å². The number of rotatable bonds is 4. The molecule has 0 N–H and O–H groups in total. The monoisotopic (exact) mass is 180 g/mol. The van der Waals surface area contributed by atoms with Crippen LogP contribution in [0, 0.1) is 0 Å². The van der Waals surface area contributed by atoms with Gasteiger partial charge < -0.3 is 0 Å². The van der Waals surface area contributed by atoms with Gasteiger partial charge in [-0.05, 0) is 12.0 Å². The summed E-state index contributed by atoms with van der Waals surface area (Å²) in [6.07, 6.45) is 2.89. The zero-order valence-electron chi connectivity index (χ0n) is 7.04. The van der Waals surface area contributed by atoms with E-state index < -0.39 is 9.52 Å². The second-order valence-corrected chi connectivity index (χ2v) is 4.07. The highest BCUT2D eigenvalue weighted by molar-refractivity contribution is 6.41. The fraction of sp³-hybridized carbons (Fsp3) is 0.200. The van der Waals surface area contributed by atoms with Crippen molar-refractivity contribution >= 4 is 9.52 Å². The van der Waals surface area contributed by atoms with Crippen molar-refractivity contribution in [2.45, 2.75) is 6.42 Å². The second-order valence-electron chi connectivity index (χ2n) is 2.64. The third-order valence-electron chi connectivity index (χ3n) is 1.64. The van der Waals surface area contributed by atoms with Gasteiger partial charge in [-0.15, -0.1) is 5.70 Å². The Hall–Kier alpha value is -0.893. The Bertz CT molecular complexity index is 231. The topological polar surface area (TPSA) is 0 Å². The Labute approximate surface area is 74.9 Å². The van der Waals surface area contributed by atoms with Crippen LogP contribution in [0.2, 0.25) is 0 Å². The van der Waals surface area contributed by atoms with Gasteiger partial charge in [-0.25, -0.2) is 0 Å². The lowest BCUT2D eigenvalue weighted by molar-refractivity contribution is 0.595. The highest BCUT2D eigenvalue weighted by Crippen LogP contribution is 1.99. The number of alkyl halides is 1. The van der Waals surface area contributed by atoms with E-state index in [1.807, 2.05) is 23.9 Å². The molecular weight excluding hydrogens is 167 g/mol.